The van der Waals surface area contributed by atoms with Crippen molar-refractivity contribution >= 4 is 45.7 Å². The maximum atomic E-state index is 14.0. The van der Waals surface area contributed by atoms with Crippen LogP contribution >= 0.6 is 23.2 Å². The number of hydrogen-bond acceptors (Lipinski definition) is 4. The smallest absolute Gasteiger partial charge is 0.279 e. The van der Waals surface area contributed by atoms with Crippen LogP contribution in [0.3, 0.4) is 0 Å². The van der Waals surface area contributed by atoms with Crippen molar-refractivity contribution in [3.05, 3.63) is 100 Å². The van der Waals surface area contributed by atoms with Crippen molar-refractivity contribution in [2.45, 2.75) is 24.8 Å². The number of rotatable bonds is 6. The van der Waals surface area contributed by atoms with E-state index in [0.717, 1.165) is 27.0 Å². The van der Waals surface area contributed by atoms with Crippen molar-refractivity contribution in [1.29, 1.82) is 0 Å². The minimum atomic E-state index is -3.56. The van der Waals surface area contributed by atoms with E-state index >= 15 is 0 Å². The van der Waals surface area contributed by atoms with Crippen molar-refractivity contribution < 1.29 is 18.7 Å². The van der Waals surface area contributed by atoms with Crippen LogP contribution in [-0.4, -0.2) is 39.2 Å². The van der Waals surface area contributed by atoms with Crippen molar-refractivity contribution in [2.75, 3.05) is 6.61 Å². The van der Waals surface area contributed by atoms with Crippen LogP contribution in [0.15, 0.2) is 84.1 Å². The van der Waals surface area contributed by atoms with Gasteiger partial charge in [-0.1, -0.05) is 65.7 Å². The number of hydrazone groups is 1. The molecular weight excluding hydrogens is 519 g/mol. The topological polar surface area (TPSA) is 65.8 Å². The molecule has 188 valence electrons. The molecule has 0 fully saturated rings. The van der Waals surface area contributed by atoms with Gasteiger partial charge in [-0.25, -0.2) is 13.8 Å². The molecule has 5 nitrogen and oxygen atoms in total. The minimum Gasteiger partial charge on any atom is -0.390 e. The third-order valence-corrected chi connectivity index (χ3v) is 6.79. The monoisotopic (exact) mass is 539 g/mol. The number of alkyl halides is 2. The Hall–Kier alpha value is -3.39. The number of aromatic nitrogens is 1. The molecular formula is C28H21Cl2F2N3O2. The first kappa shape index (κ1) is 25.3. The zero-order chi connectivity index (χ0) is 26.2. The molecule has 3 aromatic carbocycles. The molecule has 2 heterocycles. The number of carbonyl (C=O) groups is 1. The lowest BCUT2D eigenvalue weighted by atomic mass is 9.91. The average molecular weight is 540 g/mol. The van der Waals surface area contributed by atoms with Gasteiger partial charge in [0.15, 0.2) is 0 Å². The van der Waals surface area contributed by atoms with Gasteiger partial charge in [-0.05, 0) is 41.5 Å². The normalized spacial score (nSPS) is 15.8. The van der Waals surface area contributed by atoms with Crippen LogP contribution in [-0.2, 0) is 4.79 Å². The second-order valence-corrected chi connectivity index (χ2v) is 9.69. The highest BCUT2D eigenvalue weighted by Crippen LogP contribution is 2.39. The van der Waals surface area contributed by atoms with Crippen LogP contribution in [0.25, 0.3) is 22.0 Å². The van der Waals surface area contributed by atoms with Crippen molar-refractivity contribution in [3.63, 3.8) is 0 Å². The summed E-state index contributed by atoms with van der Waals surface area (Å²) >= 11 is 12.2. The summed E-state index contributed by atoms with van der Waals surface area (Å²) in [5.74, 6) is -4.45. The molecule has 1 aliphatic rings. The maximum absolute atomic E-state index is 14.0. The van der Waals surface area contributed by atoms with E-state index in [2.05, 4.69) is 10.1 Å². The van der Waals surface area contributed by atoms with Gasteiger partial charge < -0.3 is 5.11 Å². The Morgan fingerprint density at radius 1 is 1.00 bits per heavy atom. The lowest BCUT2D eigenvalue weighted by Gasteiger charge is -2.24. The molecule has 0 saturated carbocycles. The number of halogens is 4. The molecule has 0 bridgehead atoms. The van der Waals surface area contributed by atoms with Gasteiger partial charge in [-0.15, -0.1) is 0 Å². The van der Waals surface area contributed by atoms with E-state index in [-0.39, 0.29) is 6.42 Å². The Morgan fingerprint density at radius 3 is 2.32 bits per heavy atom. The zero-order valence-electron chi connectivity index (χ0n) is 19.4. The summed E-state index contributed by atoms with van der Waals surface area (Å²) in [7, 11) is 0. The molecule has 0 aliphatic carbocycles. The fraction of sp³-hybridized carbons (Fsp3) is 0.179. The first-order valence-corrected chi connectivity index (χ1v) is 12.3. The molecule has 0 spiro atoms. The summed E-state index contributed by atoms with van der Waals surface area (Å²) in [6.45, 7) is -1.43. The fourth-order valence-corrected chi connectivity index (χ4v) is 4.75. The second-order valence-electron chi connectivity index (χ2n) is 8.82. The van der Waals surface area contributed by atoms with Gasteiger partial charge in [-0.3, -0.25) is 9.78 Å². The molecule has 4 aromatic rings. The molecule has 0 saturated heterocycles. The molecule has 37 heavy (non-hydrogen) atoms. The van der Waals surface area contributed by atoms with Gasteiger partial charge >= 0.3 is 0 Å². The largest absolute Gasteiger partial charge is 0.390 e. The van der Waals surface area contributed by atoms with Crippen LogP contribution < -0.4 is 0 Å². The summed E-state index contributed by atoms with van der Waals surface area (Å²) in [4.78, 5) is 17.6. The molecule has 1 aromatic heterocycles. The molecule has 1 N–H and O–H groups in total. The number of fused-ring (bicyclic) bond motifs is 1. The summed E-state index contributed by atoms with van der Waals surface area (Å²) in [6, 6.07) is 21.2. The highest BCUT2D eigenvalue weighted by atomic mass is 35.5. The van der Waals surface area contributed by atoms with Gasteiger partial charge in [0, 0.05) is 39.2 Å². The van der Waals surface area contributed by atoms with Gasteiger partial charge in [0.1, 0.15) is 6.61 Å². The highest BCUT2D eigenvalue weighted by Gasteiger charge is 2.39. The van der Waals surface area contributed by atoms with Crippen LogP contribution in [0.2, 0.25) is 10.0 Å². The van der Waals surface area contributed by atoms with Crippen LogP contribution in [0.1, 0.15) is 30.0 Å². The minimum absolute atomic E-state index is 0.276. The van der Waals surface area contributed by atoms with E-state index in [0.29, 0.717) is 26.9 Å². The zero-order valence-corrected chi connectivity index (χ0v) is 20.9. The number of hydrogen-bond donors (Lipinski definition) is 1. The van der Waals surface area contributed by atoms with Gasteiger partial charge in [-0.2, -0.15) is 5.10 Å². The number of carbonyl (C=O) groups excluding carboxylic acids is 1. The molecule has 1 aliphatic heterocycles. The predicted octanol–water partition coefficient (Wildman–Crippen LogP) is 6.90. The van der Waals surface area contributed by atoms with Crippen LogP contribution in [0.5, 0.6) is 0 Å². The number of para-hydroxylation sites is 1. The molecule has 0 radical (unpaired) electrons. The third-order valence-electron chi connectivity index (χ3n) is 6.28. The van der Waals surface area contributed by atoms with Crippen LogP contribution in [0.4, 0.5) is 8.78 Å². The standard InChI is InChI=1S/C28H21Cl2F2N3O2/c29-19-9-5-17(6-10-19)25-13-24(34-35(25)26(37)14-28(31,32)16-36)22-15-33-23-4-2-1-3-21(23)27(22)18-7-11-20(30)12-8-18/h1-12,15,25,36H,13-14,16H2/t25-/m0/s1. The van der Waals surface area contributed by atoms with E-state index in [1.54, 1.807) is 42.6 Å². The van der Waals surface area contributed by atoms with Gasteiger partial charge in [0.25, 0.3) is 5.92 Å². The number of pyridine rings is 1. The first-order chi connectivity index (χ1) is 17.8. The molecule has 0 unspecified atom stereocenters. The van der Waals surface area contributed by atoms with E-state index in [1.165, 1.54) is 0 Å². The Kier molecular flexibility index (Phi) is 6.94. The summed E-state index contributed by atoms with van der Waals surface area (Å²) in [6.07, 6.45) is 0.809. The second kappa shape index (κ2) is 10.2. The van der Waals surface area contributed by atoms with E-state index in [9.17, 15) is 13.6 Å². The van der Waals surface area contributed by atoms with Crippen LogP contribution in [0, 0.1) is 0 Å². The summed E-state index contributed by atoms with van der Waals surface area (Å²) in [5.41, 5.74) is 4.42. The number of aliphatic hydroxyl groups excluding tert-OH is 1. The SMILES string of the molecule is O=C(CC(F)(F)CO)N1N=C(c2cnc3ccccc3c2-c2ccc(Cl)cc2)C[C@H]1c1ccc(Cl)cc1. The van der Waals surface area contributed by atoms with Gasteiger partial charge in [0.2, 0.25) is 5.91 Å². The van der Waals surface area contributed by atoms with E-state index < -0.39 is 30.9 Å². The highest BCUT2D eigenvalue weighted by molar-refractivity contribution is 6.31. The third kappa shape index (κ3) is 5.21. The Morgan fingerprint density at radius 2 is 1.65 bits per heavy atom. The summed E-state index contributed by atoms with van der Waals surface area (Å²) in [5, 5.41) is 16.6. The lowest BCUT2D eigenvalue weighted by Crippen LogP contribution is -2.34. The predicted molar refractivity (Wildman–Crippen MR) is 141 cm³/mol. The molecule has 5 rings (SSSR count). The molecule has 1 atom stereocenters. The Bertz CT molecular complexity index is 1490. The van der Waals surface area contributed by atoms with Crippen molar-refractivity contribution in [2.24, 2.45) is 5.10 Å². The number of aliphatic hydroxyl groups is 1. The van der Waals surface area contributed by atoms with Crippen molar-refractivity contribution in [3.8, 4) is 11.1 Å². The molecule has 9 heteroatoms. The lowest BCUT2D eigenvalue weighted by molar-refractivity contribution is -0.143. The van der Waals surface area contributed by atoms with E-state index in [1.807, 2.05) is 36.4 Å². The Balaban J connectivity index is 1.64. The maximum Gasteiger partial charge on any atom is 0.279 e. The fourth-order valence-electron chi connectivity index (χ4n) is 4.49. The average Bonchev–Trinajstić information content (AvgIpc) is 3.34. The van der Waals surface area contributed by atoms with E-state index in [4.69, 9.17) is 28.3 Å². The Labute approximate surface area is 222 Å². The number of amides is 1. The first-order valence-electron chi connectivity index (χ1n) is 11.5. The van der Waals surface area contributed by atoms with Gasteiger partial charge in [0.05, 0.1) is 23.7 Å². The summed E-state index contributed by atoms with van der Waals surface area (Å²) < 4.78 is 27.9. The number of benzene rings is 3. The quantitative estimate of drug-likeness (QED) is 0.289. The molecule has 1 amide bonds. The van der Waals surface area contributed by atoms with Crippen molar-refractivity contribution in [1.82, 2.24) is 9.99 Å². The number of nitrogens with zero attached hydrogens (tertiary/aromatic N) is 3.